The number of carbonyl (C=O) groups is 1. The van der Waals surface area contributed by atoms with Crippen LogP contribution < -0.4 is 10.1 Å². The fourth-order valence-corrected chi connectivity index (χ4v) is 2.26. The van der Waals surface area contributed by atoms with Crippen molar-refractivity contribution in [2.24, 2.45) is 5.41 Å². The molecule has 0 saturated heterocycles. The third-order valence-corrected chi connectivity index (χ3v) is 3.83. The Labute approximate surface area is 149 Å². The van der Waals surface area contributed by atoms with Gasteiger partial charge in [-0.2, -0.15) is 0 Å². The molecular formula is C20H26N2O3. The summed E-state index contributed by atoms with van der Waals surface area (Å²) in [4.78, 5) is 15.0. The molecule has 1 heterocycles. The molecule has 0 fully saturated rings. The highest BCUT2D eigenvalue weighted by molar-refractivity contribution is 5.87. The Morgan fingerprint density at radius 2 is 1.88 bits per heavy atom. The average Bonchev–Trinajstić information content (AvgIpc) is 2.55. The lowest BCUT2D eigenvalue weighted by atomic mass is 9.93. The molecule has 1 aromatic carbocycles. The molecule has 0 atom stereocenters. The number of aromatic carboxylic acids is 1. The van der Waals surface area contributed by atoms with Crippen LogP contribution in [0.15, 0.2) is 42.7 Å². The van der Waals surface area contributed by atoms with Gasteiger partial charge in [-0.15, -0.1) is 0 Å². The molecule has 0 unspecified atom stereocenters. The summed E-state index contributed by atoms with van der Waals surface area (Å²) in [5.41, 5.74) is 2.63. The molecule has 0 radical (unpaired) electrons. The zero-order chi connectivity index (χ0) is 18.3. The first-order chi connectivity index (χ1) is 11.8. The van der Waals surface area contributed by atoms with Gasteiger partial charge >= 0.3 is 5.97 Å². The van der Waals surface area contributed by atoms with Crippen LogP contribution in [0.4, 0.5) is 0 Å². The molecule has 134 valence electrons. The predicted molar refractivity (Wildman–Crippen MR) is 97.7 cm³/mol. The van der Waals surface area contributed by atoms with Gasteiger partial charge in [-0.1, -0.05) is 32.9 Å². The van der Waals surface area contributed by atoms with Gasteiger partial charge in [0, 0.05) is 24.8 Å². The Morgan fingerprint density at radius 3 is 2.52 bits per heavy atom. The van der Waals surface area contributed by atoms with Crippen LogP contribution in [-0.4, -0.2) is 22.7 Å². The summed E-state index contributed by atoms with van der Waals surface area (Å²) in [6.07, 6.45) is 4.49. The fraction of sp³-hybridized carbons (Fsp3) is 0.400. The van der Waals surface area contributed by atoms with E-state index < -0.39 is 5.97 Å². The van der Waals surface area contributed by atoms with Crippen molar-refractivity contribution in [2.75, 3.05) is 6.61 Å². The first kappa shape index (κ1) is 18.9. The second-order valence-corrected chi connectivity index (χ2v) is 7.25. The van der Waals surface area contributed by atoms with Crippen LogP contribution in [0.5, 0.6) is 5.75 Å². The highest BCUT2D eigenvalue weighted by atomic mass is 16.5. The lowest BCUT2D eigenvalue weighted by molar-refractivity contribution is 0.0697. The molecule has 2 rings (SSSR count). The molecule has 0 bridgehead atoms. The van der Waals surface area contributed by atoms with E-state index in [1.807, 2.05) is 18.2 Å². The number of pyridine rings is 1. The molecule has 25 heavy (non-hydrogen) atoms. The average molecular weight is 342 g/mol. The van der Waals surface area contributed by atoms with Gasteiger partial charge in [-0.3, -0.25) is 4.98 Å². The maximum Gasteiger partial charge on any atom is 0.335 e. The minimum absolute atomic E-state index is 0.239. The molecule has 5 heteroatoms. The van der Waals surface area contributed by atoms with Gasteiger partial charge in [0.2, 0.25) is 0 Å². The minimum Gasteiger partial charge on any atom is -0.492 e. The maximum atomic E-state index is 10.9. The molecule has 0 spiro atoms. The molecule has 0 saturated carbocycles. The SMILES string of the molecule is CC(C)(C)CCOc1cnccc1CNCc1ccc(C(=O)O)cc1. The van der Waals surface area contributed by atoms with Crippen molar-refractivity contribution < 1.29 is 14.6 Å². The Kier molecular flexibility index (Phi) is 6.53. The van der Waals surface area contributed by atoms with Gasteiger partial charge < -0.3 is 15.2 Å². The van der Waals surface area contributed by atoms with Gasteiger partial charge in [0.05, 0.1) is 18.4 Å². The van der Waals surface area contributed by atoms with Crippen molar-refractivity contribution in [3.05, 3.63) is 59.4 Å². The second-order valence-electron chi connectivity index (χ2n) is 7.25. The van der Waals surface area contributed by atoms with E-state index in [1.165, 1.54) is 0 Å². The number of nitrogens with zero attached hydrogens (tertiary/aromatic N) is 1. The van der Waals surface area contributed by atoms with Crippen LogP contribution >= 0.6 is 0 Å². The summed E-state index contributed by atoms with van der Waals surface area (Å²) >= 11 is 0. The number of rotatable bonds is 8. The third-order valence-electron chi connectivity index (χ3n) is 3.83. The van der Waals surface area contributed by atoms with E-state index in [4.69, 9.17) is 9.84 Å². The molecule has 1 aromatic heterocycles. The van der Waals surface area contributed by atoms with Crippen molar-refractivity contribution in [2.45, 2.75) is 40.3 Å². The van der Waals surface area contributed by atoms with Gasteiger partial charge in [-0.25, -0.2) is 4.79 Å². The van der Waals surface area contributed by atoms with E-state index in [9.17, 15) is 4.79 Å². The lowest BCUT2D eigenvalue weighted by Crippen LogP contribution is -2.15. The summed E-state index contributed by atoms with van der Waals surface area (Å²) in [5, 5.41) is 12.3. The van der Waals surface area contributed by atoms with Crippen molar-refractivity contribution in [3.63, 3.8) is 0 Å². The Hall–Kier alpha value is -2.40. The first-order valence-corrected chi connectivity index (χ1v) is 8.44. The summed E-state index contributed by atoms with van der Waals surface area (Å²) in [5.74, 6) is -0.103. The molecule has 0 aliphatic carbocycles. The first-order valence-electron chi connectivity index (χ1n) is 8.44. The number of ether oxygens (including phenoxy) is 1. The molecule has 0 amide bonds. The van der Waals surface area contributed by atoms with Crippen LogP contribution in [0.1, 0.15) is 48.7 Å². The maximum absolute atomic E-state index is 10.9. The lowest BCUT2D eigenvalue weighted by Gasteiger charge is -2.19. The number of aromatic nitrogens is 1. The third kappa shape index (κ3) is 6.55. The van der Waals surface area contributed by atoms with Crippen LogP contribution in [0.25, 0.3) is 0 Å². The fourth-order valence-electron chi connectivity index (χ4n) is 2.26. The predicted octanol–water partition coefficient (Wildman–Crippen LogP) is 3.88. The quantitative estimate of drug-likeness (QED) is 0.761. The number of carboxylic acid groups (broad SMARTS) is 1. The molecule has 2 N–H and O–H groups in total. The van der Waals surface area contributed by atoms with Crippen molar-refractivity contribution in [1.29, 1.82) is 0 Å². The number of hydrogen-bond donors (Lipinski definition) is 2. The molecule has 0 aliphatic heterocycles. The zero-order valence-electron chi connectivity index (χ0n) is 15.1. The summed E-state index contributed by atoms with van der Waals surface area (Å²) < 4.78 is 5.89. The Bertz CT molecular complexity index is 691. The molecule has 5 nitrogen and oxygen atoms in total. The van der Waals surface area contributed by atoms with Crippen LogP contribution in [0.3, 0.4) is 0 Å². The van der Waals surface area contributed by atoms with Gasteiger partial charge in [0.1, 0.15) is 5.75 Å². The van der Waals surface area contributed by atoms with Crippen molar-refractivity contribution in [1.82, 2.24) is 10.3 Å². The van der Waals surface area contributed by atoms with E-state index in [-0.39, 0.29) is 5.41 Å². The number of hydrogen-bond acceptors (Lipinski definition) is 4. The van der Waals surface area contributed by atoms with Crippen molar-refractivity contribution in [3.8, 4) is 5.75 Å². The number of nitrogens with one attached hydrogen (secondary N) is 1. The number of benzene rings is 1. The molecule has 2 aromatic rings. The van der Waals surface area contributed by atoms with Crippen molar-refractivity contribution >= 4 is 5.97 Å². The summed E-state index contributed by atoms with van der Waals surface area (Å²) in [7, 11) is 0. The van der Waals surface area contributed by atoms with E-state index >= 15 is 0 Å². The van der Waals surface area contributed by atoms with E-state index in [2.05, 4.69) is 31.1 Å². The monoisotopic (exact) mass is 342 g/mol. The zero-order valence-corrected chi connectivity index (χ0v) is 15.1. The van der Waals surface area contributed by atoms with Crippen LogP contribution in [-0.2, 0) is 13.1 Å². The summed E-state index contributed by atoms with van der Waals surface area (Å²) in [6, 6.07) is 8.83. The van der Waals surface area contributed by atoms with Gasteiger partial charge in [0.25, 0.3) is 0 Å². The van der Waals surface area contributed by atoms with Gasteiger partial charge in [-0.05, 0) is 35.6 Å². The highest BCUT2D eigenvalue weighted by Gasteiger charge is 2.11. The minimum atomic E-state index is -0.909. The van der Waals surface area contributed by atoms with Crippen LogP contribution in [0, 0.1) is 5.41 Å². The topological polar surface area (TPSA) is 71.5 Å². The Balaban J connectivity index is 1.87. The summed E-state index contributed by atoms with van der Waals surface area (Å²) in [6.45, 7) is 8.56. The second kappa shape index (κ2) is 8.62. The van der Waals surface area contributed by atoms with E-state index in [1.54, 1.807) is 24.5 Å². The normalized spacial score (nSPS) is 11.3. The van der Waals surface area contributed by atoms with Gasteiger partial charge in [0.15, 0.2) is 0 Å². The number of carboxylic acids is 1. The van der Waals surface area contributed by atoms with E-state index in [0.29, 0.717) is 25.3 Å². The smallest absolute Gasteiger partial charge is 0.335 e. The Morgan fingerprint density at radius 1 is 1.16 bits per heavy atom. The van der Waals surface area contributed by atoms with E-state index in [0.717, 1.165) is 23.3 Å². The molecule has 0 aliphatic rings. The standard InChI is InChI=1S/C20H26N2O3/c1-20(2,3)9-11-25-18-14-21-10-8-17(18)13-22-12-15-4-6-16(7-5-15)19(23)24/h4-8,10,14,22H,9,11-13H2,1-3H3,(H,23,24). The van der Waals surface area contributed by atoms with Crippen LogP contribution in [0.2, 0.25) is 0 Å². The highest BCUT2D eigenvalue weighted by Crippen LogP contribution is 2.21. The molecular weight excluding hydrogens is 316 g/mol. The largest absolute Gasteiger partial charge is 0.492 e.